The molecule has 0 spiro atoms. The van der Waals surface area contributed by atoms with Gasteiger partial charge < -0.3 is 19.5 Å². The van der Waals surface area contributed by atoms with Crippen molar-refractivity contribution >= 4 is 11.9 Å². The van der Waals surface area contributed by atoms with E-state index in [9.17, 15) is 19.1 Å². The molecule has 0 saturated carbocycles. The SMILES string of the molecule is COc1cccc(C(=O)N2C[C@H]3COCC[C@@]3(C(=O)O)C2)c1F. The smallest absolute Gasteiger partial charge is 0.311 e. The van der Waals surface area contributed by atoms with Crippen LogP contribution < -0.4 is 4.74 Å². The minimum absolute atomic E-state index is 0.0104. The van der Waals surface area contributed by atoms with Crippen molar-refractivity contribution in [3.8, 4) is 5.75 Å². The van der Waals surface area contributed by atoms with Crippen molar-refractivity contribution in [2.24, 2.45) is 11.3 Å². The van der Waals surface area contributed by atoms with Crippen LogP contribution in [0.4, 0.5) is 4.39 Å². The van der Waals surface area contributed by atoms with Gasteiger partial charge in [-0.3, -0.25) is 9.59 Å². The molecule has 2 aliphatic rings. The topological polar surface area (TPSA) is 76.1 Å². The summed E-state index contributed by atoms with van der Waals surface area (Å²) in [5, 5.41) is 9.62. The minimum Gasteiger partial charge on any atom is -0.494 e. The van der Waals surface area contributed by atoms with Gasteiger partial charge in [-0.15, -0.1) is 0 Å². The fourth-order valence-electron chi connectivity index (χ4n) is 3.46. The van der Waals surface area contributed by atoms with Crippen molar-refractivity contribution in [1.29, 1.82) is 0 Å². The van der Waals surface area contributed by atoms with Gasteiger partial charge in [0.05, 0.1) is 24.7 Å². The molecule has 0 unspecified atom stereocenters. The van der Waals surface area contributed by atoms with Crippen LogP contribution in [0, 0.1) is 17.2 Å². The summed E-state index contributed by atoms with van der Waals surface area (Å²) < 4.78 is 24.5. The van der Waals surface area contributed by atoms with Crippen LogP contribution >= 0.6 is 0 Å². The monoisotopic (exact) mass is 323 g/mol. The maximum absolute atomic E-state index is 14.3. The Labute approximate surface area is 132 Å². The Bertz CT molecular complexity index is 649. The number of likely N-dealkylation sites (tertiary alicyclic amines) is 1. The first kappa shape index (κ1) is 15.7. The van der Waals surface area contributed by atoms with Gasteiger partial charge >= 0.3 is 5.97 Å². The Balaban J connectivity index is 1.89. The van der Waals surface area contributed by atoms with Crippen molar-refractivity contribution in [3.63, 3.8) is 0 Å². The van der Waals surface area contributed by atoms with Gasteiger partial charge in [-0.25, -0.2) is 4.39 Å². The van der Waals surface area contributed by atoms with Gasteiger partial charge in [0.15, 0.2) is 11.6 Å². The van der Waals surface area contributed by atoms with E-state index in [1.54, 1.807) is 0 Å². The Morgan fingerprint density at radius 3 is 2.91 bits per heavy atom. The van der Waals surface area contributed by atoms with Crippen molar-refractivity contribution in [3.05, 3.63) is 29.6 Å². The lowest BCUT2D eigenvalue weighted by molar-refractivity contribution is -0.157. The summed E-state index contributed by atoms with van der Waals surface area (Å²) >= 11 is 0. The highest BCUT2D eigenvalue weighted by atomic mass is 19.1. The maximum Gasteiger partial charge on any atom is 0.311 e. The zero-order valence-electron chi connectivity index (χ0n) is 12.8. The number of carbonyl (C=O) groups is 2. The Morgan fingerprint density at radius 1 is 1.48 bits per heavy atom. The lowest BCUT2D eigenvalue weighted by Gasteiger charge is -2.33. The highest BCUT2D eigenvalue weighted by Crippen LogP contribution is 2.43. The molecule has 0 radical (unpaired) electrons. The van der Waals surface area contributed by atoms with E-state index in [0.717, 1.165) is 0 Å². The summed E-state index contributed by atoms with van der Waals surface area (Å²) in [6.07, 6.45) is 0.359. The molecular weight excluding hydrogens is 305 g/mol. The second-order valence-corrected chi connectivity index (χ2v) is 5.99. The van der Waals surface area contributed by atoms with Crippen LogP contribution in [0.2, 0.25) is 0 Å². The van der Waals surface area contributed by atoms with Crippen molar-refractivity contribution in [2.75, 3.05) is 33.4 Å². The van der Waals surface area contributed by atoms with E-state index in [1.807, 2.05) is 0 Å². The van der Waals surface area contributed by atoms with Crippen molar-refractivity contribution < 1.29 is 28.6 Å². The van der Waals surface area contributed by atoms with E-state index in [4.69, 9.17) is 9.47 Å². The third-order valence-corrected chi connectivity index (χ3v) is 4.83. The number of amides is 1. The molecule has 3 rings (SSSR count). The number of methoxy groups -OCH3 is 1. The molecule has 2 atom stereocenters. The van der Waals surface area contributed by atoms with E-state index in [0.29, 0.717) is 19.6 Å². The molecule has 0 aromatic heterocycles. The van der Waals surface area contributed by atoms with Gasteiger partial charge in [0, 0.05) is 25.6 Å². The van der Waals surface area contributed by atoms with E-state index in [1.165, 1.54) is 30.2 Å². The van der Waals surface area contributed by atoms with E-state index < -0.39 is 23.1 Å². The number of ether oxygens (including phenoxy) is 2. The number of carboxylic acids is 1. The van der Waals surface area contributed by atoms with Gasteiger partial charge in [0.1, 0.15) is 0 Å². The number of aliphatic carboxylic acids is 1. The molecule has 6 nitrogen and oxygen atoms in total. The summed E-state index contributed by atoms with van der Waals surface area (Å²) in [5.74, 6) is -2.45. The molecule has 1 aromatic rings. The molecule has 1 amide bonds. The number of fused-ring (bicyclic) bond motifs is 1. The summed E-state index contributed by atoms with van der Waals surface area (Å²) in [4.78, 5) is 25.8. The lowest BCUT2D eigenvalue weighted by atomic mass is 9.74. The average Bonchev–Trinajstić information content (AvgIpc) is 2.95. The first-order valence-electron chi connectivity index (χ1n) is 7.42. The second-order valence-electron chi connectivity index (χ2n) is 5.99. The molecule has 1 aromatic carbocycles. The summed E-state index contributed by atoms with van der Waals surface area (Å²) in [6, 6.07) is 4.35. The molecule has 2 heterocycles. The fourth-order valence-corrected chi connectivity index (χ4v) is 3.46. The number of benzene rings is 1. The third-order valence-electron chi connectivity index (χ3n) is 4.83. The number of nitrogens with zero attached hydrogens (tertiary/aromatic N) is 1. The highest BCUT2D eigenvalue weighted by Gasteiger charge is 2.55. The van der Waals surface area contributed by atoms with Crippen LogP contribution in [0.15, 0.2) is 18.2 Å². The number of hydrogen-bond acceptors (Lipinski definition) is 4. The second kappa shape index (κ2) is 5.81. The molecule has 2 aliphatic heterocycles. The van der Waals surface area contributed by atoms with Crippen LogP contribution in [0.3, 0.4) is 0 Å². The minimum atomic E-state index is -0.997. The van der Waals surface area contributed by atoms with Crippen LogP contribution in [-0.4, -0.2) is 55.3 Å². The molecule has 7 heteroatoms. The molecule has 1 N–H and O–H groups in total. The first-order chi connectivity index (χ1) is 11.0. The summed E-state index contributed by atoms with van der Waals surface area (Å²) in [6.45, 7) is 0.989. The van der Waals surface area contributed by atoms with Crippen molar-refractivity contribution in [2.45, 2.75) is 6.42 Å². The quantitative estimate of drug-likeness (QED) is 0.910. The zero-order chi connectivity index (χ0) is 16.6. The summed E-state index contributed by atoms with van der Waals surface area (Å²) in [5.41, 5.74) is -1.10. The normalized spacial score (nSPS) is 26.7. The predicted octanol–water partition coefficient (Wildman–Crippen LogP) is 1.40. The van der Waals surface area contributed by atoms with Crippen LogP contribution in [0.1, 0.15) is 16.8 Å². The largest absolute Gasteiger partial charge is 0.494 e. The van der Waals surface area contributed by atoms with Crippen LogP contribution in [-0.2, 0) is 9.53 Å². The number of rotatable bonds is 3. The number of halogens is 1. The molecular formula is C16H18FNO5. The number of carboxylic acid groups (broad SMARTS) is 1. The molecule has 2 fully saturated rings. The average molecular weight is 323 g/mol. The maximum atomic E-state index is 14.3. The highest BCUT2D eigenvalue weighted by molar-refractivity contribution is 5.96. The van der Waals surface area contributed by atoms with Gasteiger partial charge in [-0.05, 0) is 18.6 Å². The van der Waals surface area contributed by atoms with Gasteiger partial charge in [0.25, 0.3) is 5.91 Å². The molecule has 2 saturated heterocycles. The third kappa shape index (κ3) is 2.45. The lowest BCUT2D eigenvalue weighted by Crippen LogP contribution is -2.45. The number of carbonyl (C=O) groups excluding carboxylic acids is 1. The van der Waals surface area contributed by atoms with E-state index in [2.05, 4.69) is 0 Å². The van der Waals surface area contributed by atoms with Crippen LogP contribution in [0.25, 0.3) is 0 Å². The van der Waals surface area contributed by atoms with Gasteiger partial charge in [-0.2, -0.15) is 0 Å². The zero-order valence-corrected chi connectivity index (χ0v) is 12.8. The number of hydrogen-bond donors (Lipinski definition) is 1. The molecule has 23 heavy (non-hydrogen) atoms. The van der Waals surface area contributed by atoms with E-state index >= 15 is 0 Å². The molecule has 124 valence electrons. The first-order valence-corrected chi connectivity index (χ1v) is 7.42. The Kier molecular flexibility index (Phi) is 3.97. The Morgan fingerprint density at radius 2 is 2.26 bits per heavy atom. The van der Waals surface area contributed by atoms with Crippen LogP contribution in [0.5, 0.6) is 5.75 Å². The molecule has 0 aliphatic carbocycles. The predicted molar refractivity (Wildman–Crippen MR) is 77.9 cm³/mol. The van der Waals surface area contributed by atoms with Gasteiger partial charge in [0.2, 0.25) is 0 Å². The van der Waals surface area contributed by atoms with E-state index in [-0.39, 0.29) is 30.3 Å². The Hall–Kier alpha value is -2.15. The van der Waals surface area contributed by atoms with Gasteiger partial charge in [-0.1, -0.05) is 6.07 Å². The standard InChI is InChI=1S/C16H18FNO5/c1-22-12-4-2-3-11(13(12)17)14(19)18-7-10-8-23-6-5-16(10,9-18)15(20)21/h2-4,10H,5-9H2,1H3,(H,20,21)/t10-,16+/m0/s1. The van der Waals surface area contributed by atoms with Crippen molar-refractivity contribution in [1.82, 2.24) is 4.90 Å². The summed E-state index contributed by atoms with van der Waals surface area (Å²) in [7, 11) is 1.33. The fraction of sp³-hybridized carbons (Fsp3) is 0.500. The molecule has 0 bridgehead atoms.